The highest BCUT2D eigenvalue weighted by Crippen LogP contribution is 2.26. The van der Waals surface area contributed by atoms with Gasteiger partial charge in [0.2, 0.25) is 11.8 Å². The summed E-state index contributed by atoms with van der Waals surface area (Å²) in [5, 5.41) is 15.0. The number of aliphatic hydroxyl groups is 1. The van der Waals surface area contributed by atoms with Crippen LogP contribution in [0.1, 0.15) is 31.0 Å². The van der Waals surface area contributed by atoms with Crippen LogP contribution in [-0.4, -0.2) is 48.4 Å². The van der Waals surface area contributed by atoms with E-state index in [0.717, 1.165) is 0 Å². The minimum absolute atomic E-state index is 0.116. The van der Waals surface area contributed by atoms with Gasteiger partial charge in [-0.1, -0.05) is 49.7 Å². The fourth-order valence-electron chi connectivity index (χ4n) is 3.42. The quantitative estimate of drug-likeness (QED) is 0.388. The number of carbonyl (C=O) groups excluding carboxylic acids is 2. The van der Waals surface area contributed by atoms with E-state index in [0.29, 0.717) is 16.3 Å². The van der Waals surface area contributed by atoms with Gasteiger partial charge in [-0.25, -0.2) is 0 Å². The van der Waals surface area contributed by atoms with Gasteiger partial charge in [0.15, 0.2) is 6.10 Å². The van der Waals surface area contributed by atoms with E-state index in [2.05, 4.69) is 10.6 Å². The van der Waals surface area contributed by atoms with Gasteiger partial charge >= 0.3 is 6.18 Å². The largest absolute Gasteiger partial charge is 0.497 e. The predicted octanol–water partition coefficient (Wildman–Crippen LogP) is 3.14. The zero-order valence-corrected chi connectivity index (χ0v) is 20.2. The molecule has 0 saturated heterocycles. The Morgan fingerprint density at radius 2 is 1.71 bits per heavy atom. The summed E-state index contributed by atoms with van der Waals surface area (Å²) in [4.78, 5) is 26.0. The van der Waals surface area contributed by atoms with E-state index in [1.807, 2.05) is 0 Å². The van der Waals surface area contributed by atoms with Crippen LogP contribution < -0.4 is 21.1 Å². The number of nitrogens with one attached hydrogen (secondary N) is 2. The van der Waals surface area contributed by atoms with Crippen molar-refractivity contribution in [2.75, 3.05) is 7.11 Å². The van der Waals surface area contributed by atoms with Gasteiger partial charge < -0.3 is 26.2 Å². The molecular weight excluding hydrogens is 487 g/mol. The molecule has 2 rings (SSSR count). The fourth-order valence-corrected chi connectivity index (χ4v) is 3.63. The second-order valence-electron chi connectivity index (χ2n) is 8.42. The molecule has 2 aromatic carbocycles. The maximum Gasteiger partial charge on any atom is 0.416 e. The average molecular weight is 516 g/mol. The summed E-state index contributed by atoms with van der Waals surface area (Å²) in [5.74, 6) is -1.91. The Morgan fingerprint density at radius 1 is 1.09 bits per heavy atom. The first kappa shape index (κ1) is 28.4. The van der Waals surface area contributed by atoms with Crippen LogP contribution in [0.3, 0.4) is 0 Å². The molecule has 0 fully saturated rings. The molecule has 0 aromatic heterocycles. The van der Waals surface area contributed by atoms with Gasteiger partial charge in [0.1, 0.15) is 11.8 Å². The Bertz CT molecular complexity index is 1000. The molecule has 0 spiro atoms. The Balaban J connectivity index is 2.28. The molecule has 0 bridgehead atoms. The maximum atomic E-state index is 13.2. The van der Waals surface area contributed by atoms with E-state index in [9.17, 15) is 27.9 Å². The highest BCUT2D eigenvalue weighted by Gasteiger charge is 2.45. The van der Waals surface area contributed by atoms with E-state index in [1.54, 1.807) is 24.3 Å². The Kier molecular flexibility index (Phi) is 9.93. The lowest BCUT2D eigenvalue weighted by Crippen LogP contribution is -2.56. The van der Waals surface area contributed by atoms with Crippen molar-refractivity contribution in [3.05, 3.63) is 64.7 Å². The van der Waals surface area contributed by atoms with Crippen molar-refractivity contribution < 1.29 is 32.6 Å². The van der Waals surface area contributed by atoms with Crippen molar-refractivity contribution in [1.29, 1.82) is 0 Å². The molecule has 0 aliphatic rings. The molecule has 0 aliphatic carbocycles. The molecular formula is C24H29ClF3N3O4. The van der Waals surface area contributed by atoms with Gasteiger partial charge in [0, 0.05) is 5.02 Å². The van der Waals surface area contributed by atoms with Crippen molar-refractivity contribution in [2.24, 2.45) is 11.7 Å². The molecule has 192 valence electrons. The number of benzene rings is 2. The van der Waals surface area contributed by atoms with E-state index >= 15 is 0 Å². The topological polar surface area (TPSA) is 114 Å². The summed E-state index contributed by atoms with van der Waals surface area (Å²) in [6.45, 7) is 2.86. The second kappa shape index (κ2) is 12.2. The molecule has 5 N–H and O–H groups in total. The number of rotatable bonds is 10. The number of ether oxygens (including phenoxy) is 1. The number of amides is 2. The van der Waals surface area contributed by atoms with Crippen LogP contribution in [0.25, 0.3) is 0 Å². The predicted molar refractivity (Wildman–Crippen MR) is 126 cm³/mol. The van der Waals surface area contributed by atoms with E-state index < -0.39 is 48.1 Å². The molecule has 4 atom stereocenters. The van der Waals surface area contributed by atoms with Gasteiger partial charge in [-0.15, -0.1) is 0 Å². The number of hydrogen-bond acceptors (Lipinski definition) is 5. The molecule has 0 heterocycles. The number of nitrogens with two attached hydrogens (primary N) is 1. The van der Waals surface area contributed by atoms with Gasteiger partial charge in [0.25, 0.3) is 0 Å². The Hall–Kier alpha value is -2.82. The Morgan fingerprint density at radius 3 is 2.23 bits per heavy atom. The first-order valence-electron chi connectivity index (χ1n) is 10.8. The fraction of sp³-hybridized carbons (Fsp3) is 0.417. The summed E-state index contributed by atoms with van der Waals surface area (Å²) >= 11 is 5.96. The lowest BCUT2D eigenvalue weighted by atomic mass is 9.96. The molecule has 0 unspecified atom stereocenters. The number of aliphatic hydroxyl groups excluding tert-OH is 1. The van der Waals surface area contributed by atoms with Gasteiger partial charge in [-0.05, 0) is 47.7 Å². The molecule has 0 radical (unpaired) electrons. The minimum atomic E-state index is -4.94. The van der Waals surface area contributed by atoms with Crippen molar-refractivity contribution >= 4 is 23.4 Å². The van der Waals surface area contributed by atoms with Crippen molar-refractivity contribution in [1.82, 2.24) is 10.6 Å². The SMILES string of the molecule is COc1ccc([C@H](NC(=O)[C@@H](N)Cc2cccc(Cl)c2)C(=O)N[C@@H](C(C)C)[C@H](O)C(F)(F)F)cc1. The van der Waals surface area contributed by atoms with Gasteiger partial charge in [-0.2, -0.15) is 13.2 Å². The normalized spacial score (nSPS) is 15.1. The van der Waals surface area contributed by atoms with Crippen molar-refractivity contribution in [3.63, 3.8) is 0 Å². The van der Waals surface area contributed by atoms with Crippen LogP contribution in [0.15, 0.2) is 48.5 Å². The van der Waals surface area contributed by atoms with Crippen LogP contribution in [0, 0.1) is 5.92 Å². The van der Waals surface area contributed by atoms with Gasteiger partial charge in [0.05, 0.1) is 19.2 Å². The summed E-state index contributed by atoms with van der Waals surface area (Å²) in [6.07, 6.45) is -7.62. The summed E-state index contributed by atoms with van der Waals surface area (Å²) < 4.78 is 44.6. The molecule has 0 saturated carbocycles. The highest BCUT2D eigenvalue weighted by molar-refractivity contribution is 6.30. The van der Waals surface area contributed by atoms with Crippen LogP contribution >= 0.6 is 11.6 Å². The van der Waals surface area contributed by atoms with E-state index in [4.69, 9.17) is 22.1 Å². The molecule has 7 nitrogen and oxygen atoms in total. The maximum absolute atomic E-state index is 13.2. The number of halogens is 4. The van der Waals surface area contributed by atoms with Crippen LogP contribution in [-0.2, 0) is 16.0 Å². The number of carbonyl (C=O) groups is 2. The van der Waals surface area contributed by atoms with Crippen molar-refractivity contribution in [2.45, 2.75) is 50.7 Å². The first-order valence-corrected chi connectivity index (χ1v) is 11.2. The lowest BCUT2D eigenvalue weighted by Gasteiger charge is -2.31. The second-order valence-corrected chi connectivity index (χ2v) is 8.86. The number of methoxy groups -OCH3 is 1. The minimum Gasteiger partial charge on any atom is -0.497 e. The van der Waals surface area contributed by atoms with Crippen LogP contribution in [0.5, 0.6) is 5.75 Å². The third-order valence-electron chi connectivity index (χ3n) is 5.38. The van der Waals surface area contributed by atoms with Gasteiger partial charge in [-0.3, -0.25) is 9.59 Å². The smallest absolute Gasteiger partial charge is 0.416 e. The van der Waals surface area contributed by atoms with Crippen LogP contribution in [0.2, 0.25) is 5.02 Å². The summed E-state index contributed by atoms with van der Waals surface area (Å²) in [7, 11) is 1.45. The van der Waals surface area contributed by atoms with Crippen LogP contribution in [0.4, 0.5) is 13.2 Å². The third kappa shape index (κ3) is 8.12. The average Bonchev–Trinajstić information content (AvgIpc) is 2.79. The zero-order chi connectivity index (χ0) is 26.3. The monoisotopic (exact) mass is 515 g/mol. The highest BCUT2D eigenvalue weighted by atomic mass is 35.5. The molecule has 11 heteroatoms. The third-order valence-corrected chi connectivity index (χ3v) is 5.62. The zero-order valence-electron chi connectivity index (χ0n) is 19.5. The Labute approximate surface area is 206 Å². The van der Waals surface area contributed by atoms with E-state index in [1.165, 1.54) is 45.2 Å². The summed E-state index contributed by atoms with van der Waals surface area (Å²) in [5.41, 5.74) is 7.01. The summed E-state index contributed by atoms with van der Waals surface area (Å²) in [6, 6.07) is 8.75. The molecule has 35 heavy (non-hydrogen) atoms. The molecule has 2 amide bonds. The molecule has 0 aliphatic heterocycles. The van der Waals surface area contributed by atoms with Crippen molar-refractivity contribution in [3.8, 4) is 5.75 Å². The van der Waals surface area contributed by atoms with E-state index in [-0.39, 0.29) is 12.0 Å². The molecule has 2 aromatic rings. The standard InChI is InChI=1S/C24H29ClF3N3O4/c1-13(2)19(21(32)24(26,27)28)30-23(34)20(15-7-9-17(35-3)10-8-15)31-22(33)18(29)12-14-5-4-6-16(25)11-14/h4-11,13,18-21,32H,12,29H2,1-3H3,(H,30,34)(H,31,33)/t18-,19-,20-,21-/m0/s1. The number of hydrogen-bond donors (Lipinski definition) is 4. The lowest BCUT2D eigenvalue weighted by molar-refractivity contribution is -0.215. The number of alkyl halides is 3. The first-order chi connectivity index (χ1) is 16.3.